The Balaban J connectivity index is 2.55. The molecule has 12 heavy (non-hydrogen) atoms. The fourth-order valence-electron chi connectivity index (χ4n) is 1.05. The fraction of sp³-hybridized carbons (Fsp3) is 0.571. The molecule has 0 radical (unpaired) electrons. The molecule has 5 heteroatoms. The fourth-order valence-corrected chi connectivity index (χ4v) is 1.05. The van der Waals surface area contributed by atoms with Crippen molar-refractivity contribution in [3.63, 3.8) is 0 Å². The summed E-state index contributed by atoms with van der Waals surface area (Å²) in [5, 5.41) is 3.46. The number of hydrogen-bond acceptors (Lipinski definition) is 2. The maximum Gasteiger partial charge on any atom is 0.0948 e. The normalized spacial score (nSPS) is 9.42. The van der Waals surface area contributed by atoms with E-state index >= 15 is 0 Å². The first-order valence-corrected chi connectivity index (χ1v) is 3.88. The predicted molar refractivity (Wildman–Crippen MR) is 45.6 cm³/mol. The molecular weight excluding hydrogens is 154 g/mol. The van der Waals surface area contributed by atoms with E-state index in [0.29, 0.717) is 6.54 Å². The lowest BCUT2D eigenvalue weighted by Gasteiger charge is -2.01. The highest BCUT2D eigenvalue weighted by atomic mass is 15.1. The number of hydrogen-bond donors (Lipinski definition) is 0. The van der Waals surface area contributed by atoms with Crippen LogP contribution in [0.15, 0.2) is 17.6 Å². The van der Waals surface area contributed by atoms with Crippen LogP contribution in [0, 0.1) is 0 Å². The van der Waals surface area contributed by atoms with Gasteiger partial charge in [-0.3, -0.25) is 0 Å². The zero-order valence-corrected chi connectivity index (χ0v) is 7.01. The highest BCUT2D eigenvalue weighted by Gasteiger charge is 1.97. The van der Waals surface area contributed by atoms with Gasteiger partial charge in [0.2, 0.25) is 0 Å². The van der Waals surface area contributed by atoms with E-state index in [1.165, 1.54) is 0 Å². The van der Waals surface area contributed by atoms with Gasteiger partial charge in [0, 0.05) is 29.9 Å². The molecule has 0 N–H and O–H groups in total. The number of aromatic nitrogens is 2. The van der Waals surface area contributed by atoms with Crippen molar-refractivity contribution in [3.05, 3.63) is 28.7 Å². The predicted octanol–water partition coefficient (Wildman–Crippen LogP) is 1.76. The molecule has 0 spiro atoms. The summed E-state index contributed by atoms with van der Waals surface area (Å²) < 4.78 is 2.03. The van der Waals surface area contributed by atoms with Crippen molar-refractivity contribution in [3.8, 4) is 0 Å². The second-order valence-electron chi connectivity index (χ2n) is 2.38. The number of nitrogens with zero attached hydrogens (tertiary/aromatic N) is 5. The summed E-state index contributed by atoms with van der Waals surface area (Å²) in [6.07, 6.45) is 4.35. The molecule has 5 nitrogen and oxygen atoms in total. The Morgan fingerprint density at radius 2 is 2.58 bits per heavy atom. The largest absolute Gasteiger partial charge is 0.335 e. The molecule has 0 aliphatic heterocycles. The molecule has 1 aromatic heterocycles. The van der Waals surface area contributed by atoms with Crippen molar-refractivity contribution in [2.45, 2.75) is 19.9 Å². The van der Waals surface area contributed by atoms with Gasteiger partial charge in [-0.2, -0.15) is 0 Å². The Morgan fingerprint density at radius 1 is 1.75 bits per heavy atom. The maximum absolute atomic E-state index is 8.06. The average molecular weight is 165 g/mol. The Labute approximate surface area is 70.7 Å². The molecule has 0 atom stereocenters. The van der Waals surface area contributed by atoms with Crippen molar-refractivity contribution >= 4 is 0 Å². The van der Waals surface area contributed by atoms with Crippen LogP contribution < -0.4 is 0 Å². The van der Waals surface area contributed by atoms with Crippen LogP contribution in [-0.2, 0) is 13.0 Å². The van der Waals surface area contributed by atoms with Crippen LogP contribution in [0.1, 0.15) is 12.6 Å². The van der Waals surface area contributed by atoms with E-state index < -0.39 is 0 Å². The Bertz CT molecular complexity index is 284. The molecule has 0 fully saturated rings. The summed E-state index contributed by atoms with van der Waals surface area (Å²) in [5.74, 6) is 0. The molecule has 0 saturated carbocycles. The van der Waals surface area contributed by atoms with Crippen LogP contribution in [-0.4, -0.2) is 16.1 Å². The number of azide groups is 1. The van der Waals surface area contributed by atoms with Crippen LogP contribution >= 0.6 is 0 Å². The molecule has 0 saturated heterocycles. The van der Waals surface area contributed by atoms with Gasteiger partial charge in [0.25, 0.3) is 0 Å². The van der Waals surface area contributed by atoms with E-state index in [4.69, 9.17) is 5.53 Å². The smallest absolute Gasteiger partial charge is 0.0948 e. The molecule has 0 bridgehead atoms. The topological polar surface area (TPSA) is 66.6 Å². The monoisotopic (exact) mass is 165 g/mol. The Morgan fingerprint density at radius 3 is 3.25 bits per heavy atom. The quantitative estimate of drug-likeness (QED) is 0.380. The first-order valence-electron chi connectivity index (χ1n) is 3.88. The molecule has 0 aliphatic carbocycles. The van der Waals surface area contributed by atoms with Crippen LogP contribution in [0.25, 0.3) is 10.4 Å². The third-order valence-corrected chi connectivity index (χ3v) is 1.67. The summed E-state index contributed by atoms with van der Waals surface area (Å²) in [6.45, 7) is 3.46. The number of rotatable bonds is 4. The van der Waals surface area contributed by atoms with E-state index in [2.05, 4.69) is 21.9 Å². The lowest BCUT2D eigenvalue weighted by molar-refractivity contribution is 0.706. The average Bonchev–Trinajstić information content (AvgIpc) is 2.52. The SMILES string of the molecule is CCn1cncc1CCN=[N+]=[N-]. The second-order valence-corrected chi connectivity index (χ2v) is 2.38. The standard InChI is InChI=1S/C7H11N5/c1-2-12-6-9-5-7(12)3-4-10-11-8/h5-6H,2-4H2,1H3. The molecule has 1 heterocycles. The summed E-state index contributed by atoms with van der Waals surface area (Å²) >= 11 is 0. The highest BCUT2D eigenvalue weighted by molar-refractivity contribution is 4.98. The van der Waals surface area contributed by atoms with E-state index in [-0.39, 0.29) is 0 Å². The van der Waals surface area contributed by atoms with E-state index in [9.17, 15) is 0 Å². The van der Waals surface area contributed by atoms with Crippen molar-refractivity contribution in [2.75, 3.05) is 6.54 Å². The van der Waals surface area contributed by atoms with Gasteiger partial charge in [-0.15, -0.1) is 0 Å². The molecule has 1 rings (SSSR count). The van der Waals surface area contributed by atoms with Gasteiger partial charge in [-0.1, -0.05) is 5.11 Å². The van der Waals surface area contributed by atoms with Gasteiger partial charge >= 0.3 is 0 Å². The van der Waals surface area contributed by atoms with E-state index in [1.54, 1.807) is 12.5 Å². The minimum atomic E-state index is 0.502. The summed E-state index contributed by atoms with van der Waals surface area (Å²) in [7, 11) is 0. The lowest BCUT2D eigenvalue weighted by atomic mass is 10.3. The molecule has 0 amide bonds. The number of aryl methyl sites for hydroxylation is 1. The minimum Gasteiger partial charge on any atom is -0.335 e. The highest BCUT2D eigenvalue weighted by Crippen LogP contribution is 1.99. The Hall–Kier alpha value is -1.48. The van der Waals surface area contributed by atoms with Crippen molar-refractivity contribution in [2.24, 2.45) is 5.11 Å². The minimum absolute atomic E-state index is 0.502. The zero-order valence-electron chi connectivity index (χ0n) is 7.01. The molecule has 0 aromatic carbocycles. The van der Waals surface area contributed by atoms with Crippen LogP contribution in [0.4, 0.5) is 0 Å². The molecule has 64 valence electrons. The molecule has 0 aliphatic rings. The third-order valence-electron chi connectivity index (χ3n) is 1.67. The molecular formula is C7H11N5. The Kier molecular flexibility index (Phi) is 3.17. The van der Waals surface area contributed by atoms with Gasteiger partial charge in [0.1, 0.15) is 0 Å². The molecule has 0 unspecified atom stereocenters. The van der Waals surface area contributed by atoms with Crippen LogP contribution in [0.3, 0.4) is 0 Å². The summed E-state index contributed by atoms with van der Waals surface area (Å²) in [4.78, 5) is 6.69. The summed E-state index contributed by atoms with van der Waals surface area (Å²) in [6, 6.07) is 0. The second kappa shape index (κ2) is 4.41. The first-order chi connectivity index (χ1) is 5.88. The van der Waals surface area contributed by atoms with Gasteiger partial charge in [0.05, 0.1) is 6.33 Å². The first kappa shape index (κ1) is 8.62. The van der Waals surface area contributed by atoms with Crippen molar-refractivity contribution < 1.29 is 0 Å². The van der Waals surface area contributed by atoms with E-state index in [0.717, 1.165) is 18.7 Å². The van der Waals surface area contributed by atoms with E-state index in [1.807, 2.05) is 4.57 Å². The zero-order chi connectivity index (χ0) is 8.81. The number of imidazole rings is 1. The lowest BCUT2D eigenvalue weighted by Crippen LogP contribution is -2.00. The third kappa shape index (κ3) is 2.00. The molecule has 1 aromatic rings. The van der Waals surface area contributed by atoms with Crippen molar-refractivity contribution in [1.29, 1.82) is 0 Å². The van der Waals surface area contributed by atoms with Gasteiger partial charge < -0.3 is 4.57 Å². The summed E-state index contributed by atoms with van der Waals surface area (Å²) in [5.41, 5.74) is 9.17. The van der Waals surface area contributed by atoms with Gasteiger partial charge in [-0.05, 0) is 18.9 Å². The van der Waals surface area contributed by atoms with Crippen LogP contribution in [0.2, 0.25) is 0 Å². The van der Waals surface area contributed by atoms with Gasteiger partial charge in [-0.25, -0.2) is 4.98 Å². The van der Waals surface area contributed by atoms with Crippen LogP contribution in [0.5, 0.6) is 0 Å². The van der Waals surface area contributed by atoms with Gasteiger partial charge in [0.15, 0.2) is 0 Å². The maximum atomic E-state index is 8.06. The van der Waals surface area contributed by atoms with Crippen molar-refractivity contribution in [1.82, 2.24) is 9.55 Å².